The molecule has 0 saturated carbocycles. The molecule has 0 spiro atoms. The Hall–Kier alpha value is -6.43. The topological polar surface area (TPSA) is 301 Å². The standard InChI is InChI=1S/C45H48N8O11S3/c54-44(55)18-11-6-4-2-1-3-5-7-12-25-46-45-48-42(47-43(49-45)27-32-21-24-35(29-40(32)66(59,60)61)52-50-33-14-9-8-10-15-33)26-31-19-22-34(23-20-31)51-53-36-28-38-37(41(30-36)67(62,63)64)16-13-17-39(38)65(56,57)58/h8-10,13-17,19-24,28-30H,1-7,11-12,18,25-27H2,(H,54,55)(H,56,57,58)(H,59,60,61)(H,62,63,64)(H,46,47,48,49). The highest BCUT2D eigenvalue weighted by Gasteiger charge is 2.22. The zero-order valence-electron chi connectivity index (χ0n) is 36.0. The average Bonchev–Trinajstić information content (AvgIpc) is 3.27. The van der Waals surface area contributed by atoms with Crippen LogP contribution < -0.4 is 5.32 Å². The molecule has 67 heavy (non-hydrogen) atoms. The molecule has 6 rings (SSSR count). The van der Waals surface area contributed by atoms with Crippen molar-refractivity contribution in [1.82, 2.24) is 15.0 Å². The molecule has 0 aliphatic rings. The van der Waals surface area contributed by atoms with E-state index in [-0.39, 0.29) is 63.6 Å². The second-order valence-electron chi connectivity index (χ2n) is 15.5. The predicted molar refractivity (Wildman–Crippen MR) is 249 cm³/mol. The predicted octanol–water partition coefficient (Wildman–Crippen LogP) is 10.2. The molecule has 352 valence electrons. The van der Waals surface area contributed by atoms with Crippen molar-refractivity contribution in [3.63, 3.8) is 0 Å². The van der Waals surface area contributed by atoms with Gasteiger partial charge in [-0.2, -0.15) is 55.7 Å². The number of carboxylic acids is 1. The normalized spacial score (nSPS) is 12.3. The fourth-order valence-electron chi connectivity index (χ4n) is 7.10. The molecule has 0 saturated heterocycles. The molecule has 0 fully saturated rings. The molecule has 0 atom stereocenters. The van der Waals surface area contributed by atoms with E-state index in [1.807, 2.05) is 6.07 Å². The molecule has 0 bridgehead atoms. The molecular formula is C45H48N8O11S3. The van der Waals surface area contributed by atoms with Gasteiger partial charge in [-0.15, -0.1) is 0 Å². The Morgan fingerprint density at radius 2 is 1.03 bits per heavy atom. The highest BCUT2D eigenvalue weighted by atomic mass is 32.2. The van der Waals surface area contributed by atoms with E-state index in [0.29, 0.717) is 30.2 Å². The SMILES string of the molecule is O=C(O)CCCCCCCCCCCNc1nc(Cc2ccc(N=Nc3cc(S(=O)(=O)O)c4cccc(S(=O)(=O)O)c4c3)cc2)nc(Cc2ccc(N=Nc3ccccc3)cc2S(=O)(=O)O)n1. The third kappa shape index (κ3) is 15.3. The van der Waals surface area contributed by atoms with Gasteiger partial charge in [-0.1, -0.05) is 93.5 Å². The van der Waals surface area contributed by atoms with Crippen molar-refractivity contribution < 1.29 is 48.8 Å². The van der Waals surface area contributed by atoms with Crippen LogP contribution in [0.1, 0.15) is 87.0 Å². The second kappa shape index (κ2) is 22.8. The van der Waals surface area contributed by atoms with Crippen LogP contribution in [0.5, 0.6) is 0 Å². The number of hydrogen-bond donors (Lipinski definition) is 5. The van der Waals surface area contributed by atoms with E-state index in [2.05, 4.69) is 40.7 Å². The van der Waals surface area contributed by atoms with Gasteiger partial charge in [-0.3, -0.25) is 18.5 Å². The first kappa shape index (κ1) is 50.0. The third-order valence-electron chi connectivity index (χ3n) is 10.3. The van der Waals surface area contributed by atoms with E-state index in [4.69, 9.17) is 5.11 Å². The van der Waals surface area contributed by atoms with E-state index in [9.17, 15) is 43.7 Å². The molecule has 0 aliphatic carbocycles. The number of aromatic nitrogens is 3. The Bertz CT molecular complexity index is 3100. The van der Waals surface area contributed by atoms with Gasteiger partial charge in [0.2, 0.25) is 5.95 Å². The van der Waals surface area contributed by atoms with Gasteiger partial charge in [-0.25, -0.2) is 4.98 Å². The lowest BCUT2D eigenvalue weighted by Crippen LogP contribution is -2.13. The molecule has 0 aliphatic heterocycles. The summed E-state index contributed by atoms with van der Waals surface area (Å²) in [7, 11) is -14.3. The monoisotopic (exact) mass is 972 g/mol. The maximum Gasteiger partial charge on any atom is 0.303 e. The van der Waals surface area contributed by atoms with E-state index < -0.39 is 46.1 Å². The molecule has 5 aromatic carbocycles. The van der Waals surface area contributed by atoms with Crippen molar-refractivity contribution in [2.45, 2.75) is 91.7 Å². The summed E-state index contributed by atoms with van der Waals surface area (Å²) in [6.45, 7) is 0.551. The van der Waals surface area contributed by atoms with Crippen LogP contribution in [0.4, 0.5) is 28.7 Å². The number of hydrogen-bond acceptors (Lipinski definition) is 15. The lowest BCUT2D eigenvalue weighted by Gasteiger charge is -2.11. The minimum absolute atomic E-state index is 0.0924. The molecule has 1 heterocycles. The molecular weight excluding hydrogens is 925 g/mol. The van der Waals surface area contributed by atoms with Crippen LogP contribution in [-0.2, 0) is 48.0 Å². The van der Waals surface area contributed by atoms with Gasteiger partial charge >= 0.3 is 5.97 Å². The van der Waals surface area contributed by atoms with E-state index >= 15 is 0 Å². The Morgan fingerprint density at radius 1 is 0.493 bits per heavy atom. The Balaban J connectivity index is 1.19. The average molecular weight is 973 g/mol. The van der Waals surface area contributed by atoms with Gasteiger partial charge in [0.1, 0.15) is 21.4 Å². The van der Waals surface area contributed by atoms with Crippen LogP contribution in [-0.4, -0.2) is 71.5 Å². The minimum Gasteiger partial charge on any atom is -0.481 e. The summed E-state index contributed by atoms with van der Waals surface area (Å²) in [5.41, 5.74) is 1.89. The number of fused-ring (bicyclic) bond motifs is 1. The lowest BCUT2D eigenvalue weighted by molar-refractivity contribution is -0.137. The Labute approximate surface area is 387 Å². The summed E-state index contributed by atoms with van der Waals surface area (Å²) in [6.07, 6.45) is 8.97. The quantitative estimate of drug-likeness (QED) is 0.0214. The number of nitrogens with one attached hydrogen (secondary N) is 1. The van der Waals surface area contributed by atoms with E-state index in [1.165, 1.54) is 30.3 Å². The van der Waals surface area contributed by atoms with Crippen molar-refractivity contribution in [3.05, 3.63) is 126 Å². The van der Waals surface area contributed by atoms with Gasteiger partial charge in [-0.05, 0) is 78.6 Å². The highest BCUT2D eigenvalue weighted by Crippen LogP contribution is 2.34. The van der Waals surface area contributed by atoms with Crippen LogP contribution in [0.2, 0.25) is 0 Å². The maximum absolute atomic E-state index is 12.6. The highest BCUT2D eigenvalue weighted by molar-refractivity contribution is 7.86. The van der Waals surface area contributed by atoms with Crippen molar-refractivity contribution in [1.29, 1.82) is 0 Å². The number of carbonyl (C=O) groups is 1. The molecule has 0 unspecified atom stereocenters. The number of carboxylic acid groups (broad SMARTS) is 1. The number of anilines is 1. The lowest BCUT2D eigenvalue weighted by atomic mass is 10.1. The van der Waals surface area contributed by atoms with Crippen LogP contribution in [0, 0.1) is 0 Å². The molecule has 6 aromatic rings. The van der Waals surface area contributed by atoms with Crippen LogP contribution in [0.3, 0.4) is 0 Å². The summed E-state index contributed by atoms with van der Waals surface area (Å²) in [5.74, 6) is 0.0709. The molecule has 5 N–H and O–H groups in total. The first-order valence-corrected chi connectivity index (χ1v) is 25.5. The number of unbranched alkanes of at least 4 members (excludes halogenated alkanes) is 8. The molecule has 22 heteroatoms. The molecule has 19 nitrogen and oxygen atoms in total. The summed E-state index contributed by atoms with van der Waals surface area (Å²) >= 11 is 0. The van der Waals surface area contributed by atoms with Gasteiger partial charge in [0.05, 0.1) is 27.6 Å². The number of benzene rings is 5. The van der Waals surface area contributed by atoms with Gasteiger partial charge < -0.3 is 10.4 Å². The Morgan fingerprint density at radius 3 is 1.66 bits per heavy atom. The third-order valence-corrected chi connectivity index (χ3v) is 13.1. The van der Waals surface area contributed by atoms with Crippen LogP contribution >= 0.6 is 0 Å². The number of rotatable bonds is 24. The smallest absolute Gasteiger partial charge is 0.303 e. The van der Waals surface area contributed by atoms with Gasteiger partial charge in [0, 0.05) is 36.6 Å². The zero-order chi connectivity index (χ0) is 48.0. The second-order valence-corrected chi connectivity index (χ2v) is 19.7. The first-order chi connectivity index (χ1) is 31.9. The van der Waals surface area contributed by atoms with E-state index in [0.717, 1.165) is 69.1 Å². The summed E-state index contributed by atoms with van der Waals surface area (Å²) in [6, 6.07) is 25.7. The van der Waals surface area contributed by atoms with Crippen LogP contribution in [0.15, 0.2) is 138 Å². The van der Waals surface area contributed by atoms with Crippen molar-refractivity contribution >= 4 is 75.8 Å². The fraction of sp³-hybridized carbons (Fsp3) is 0.289. The van der Waals surface area contributed by atoms with Crippen molar-refractivity contribution in [3.8, 4) is 0 Å². The summed E-state index contributed by atoms with van der Waals surface area (Å²) < 4.78 is 104. The van der Waals surface area contributed by atoms with Crippen LogP contribution in [0.25, 0.3) is 10.8 Å². The number of aliphatic carboxylic acids is 1. The zero-order valence-corrected chi connectivity index (χ0v) is 38.5. The van der Waals surface area contributed by atoms with E-state index in [1.54, 1.807) is 54.6 Å². The fourth-order valence-corrected chi connectivity index (χ4v) is 9.26. The molecule has 1 aromatic heterocycles. The molecule has 0 radical (unpaired) electrons. The minimum atomic E-state index is -4.85. The van der Waals surface area contributed by atoms with Gasteiger partial charge in [0.25, 0.3) is 30.4 Å². The van der Waals surface area contributed by atoms with Crippen molar-refractivity contribution in [2.24, 2.45) is 20.5 Å². The summed E-state index contributed by atoms with van der Waals surface area (Å²) in [5, 5.41) is 28.2. The maximum atomic E-state index is 12.6. The number of azo groups is 2. The Kier molecular flexibility index (Phi) is 17.0. The summed E-state index contributed by atoms with van der Waals surface area (Å²) in [4.78, 5) is 23.0. The van der Waals surface area contributed by atoms with Crippen molar-refractivity contribution in [2.75, 3.05) is 11.9 Å². The van der Waals surface area contributed by atoms with Gasteiger partial charge in [0.15, 0.2) is 0 Å². The largest absolute Gasteiger partial charge is 0.481 e. The molecule has 0 amide bonds. The first-order valence-electron chi connectivity index (χ1n) is 21.2. The number of nitrogens with zero attached hydrogens (tertiary/aromatic N) is 7.